The Morgan fingerprint density at radius 2 is 1.28 bits per heavy atom. The van der Waals surface area contributed by atoms with E-state index < -0.39 is 20.0 Å². The Hall–Kier alpha value is -2.32. The van der Waals surface area contributed by atoms with Gasteiger partial charge in [0.2, 0.25) is 5.91 Å². The number of carbonyl (C=O) groups excluding carboxylic acids is 1. The lowest BCUT2D eigenvalue weighted by Crippen LogP contribution is -2.45. The van der Waals surface area contributed by atoms with Crippen LogP contribution in [0, 0.1) is 0 Å². The number of likely N-dealkylation sites (N-methyl/N-ethyl adjacent to an activating group) is 1. The summed E-state index contributed by atoms with van der Waals surface area (Å²) in [6, 6.07) is -0.869. The summed E-state index contributed by atoms with van der Waals surface area (Å²) in [5, 5.41) is 13.4. The van der Waals surface area contributed by atoms with E-state index in [1.807, 2.05) is 34.1 Å². The molecule has 0 heterocycles. The lowest BCUT2D eigenvalue weighted by molar-refractivity contribution is -0.870. The van der Waals surface area contributed by atoms with Crippen molar-refractivity contribution < 1.29 is 32.9 Å². The van der Waals surface area contributed by atoms with Crippen LogP contribution in [0.25, 0.3) is 0 Å². The van der Waals surface area contributed by atoms with Crippen LogP contribution in [0.15, 0.2) is 85.1 Å². The number of nitrogens with one attached hydrogen (secondary N) is 1. The number of hydrogen-bond acceptors (Lipinski definition) is 5. The average molecular weight is 664 g/mol. The lowest BCUT2D eigenvalue weighted by atomic mass is 10.1. The fourth-order valence-corrected chi connectivity index (χ4v) is 4.61. The third kappa shape index (κ3) is 30.3. The highest BCUT2D eigenvalue weighted by Gasteiger charge is 2.27. The van der Waals surface area contributed by atoms with E-state index >= 15 is 0 Å². The second-order valence-corrected chi connectivity index (χ2v) is 13.6. The second-order valence-electron chi connectivity index (χ2n) is 12.2. The number of hydrogen-bond donors (Lipinski definition) is 3. The first-order valence-electron chi connectivity index (χ1n) is 17.0. The smallest absolute Gasteiger partial charge is 0.387 e. The molecule has 0 saturated heterocycles. The van der Waals surface area contributed by atoms with Crippen molar-refractivity contribution in [2.45, 2.75) is 103 Å². The molecule has 8 nitrogen and oxygen atoms in total. The zero-order valence-corrected chi connectivity index (χ0v) is 30.2. The maximum absolute atomic E-state index is 12.6. The number of nitrogens with zero attached hydrogens (tertiary/aromatic N) is 1. The van der Waals surface area contributed by atoms with Crippen LogP contribution in [0.4, 0.5) is 0 Å². The Balaban J connectivity index is 4.31. The van der Waals surface area contributed by atoms with Gasteiger partial charge in [0.25, 0.3) is 0 Å². The SMILES string of the molecule is CC/C=C\C/C=C\C/C=C\C/C=C\C/C=C\C/C=C\CCCCC(=O)NC(COP(=O)(O)OCC[N+](C)(C)C)C(O)/C=C/CCC. The van der Waals surface area contributed by atoms with Crippen LogP contribution in [-0.4, -0.2) is 73.4 Å². The number of phosphoric acid groups is 1. The molecule has 262 valence electrons. The van der Waals surface area contributed by atoms with Gasteiger partial charge in [0.15, 0.2) is 0 Å². The predicted octanol–water partition coefficient (Wildman–Crippen LogP) is 8.29. The van der Waals surface area contributed by atoms with Crippen LogP contribution in [0.5, 0.6) is 0 Å². The summed E-state index contributed by atoms with van der Waals surface area (Å²) in [6.45, 7) is 4.39. The summed E-state index contributed by atoms with van der Waals surface area (Å²) < 4.78 is 23.1. The Labute approximate surface area is 280 Å². The number of unbranched alkanes of at least 4 members (excludes halogenated alkanes) is 3. The monoisotopic (exact) mass is 663 g/mol. The fraction of sp³-hybridized carbons (Fsp3) is 0.595. The van der Waals surface area contributed by atoms with Crippen LogP contribution in [0.1, 0.15) is 90.9 Å². The van der Waals surface area contributed by atoms with Gasteiger partial charge in [-0.2, -0.15) is 0 Å². The molecule has 0 aliphatic rings. The Morgan fingerprint density at radius 1 is 0.761 bits per heavy atom. The van der Waals surface area contributed by atoms with Crippen molar-refractivity contribution in [3.63, 3.8) is 0 Å². The van der Waals surface area contributed by atoms with Crippen LogP contribution >= 0.6 is 7.82 Å². The fourth-order valence-electron chi connectivity index (χ4n) is 3.87. The topological polar surface area (TPSA) is 105 Å². The summed E-state index contributed by atoms with van der Waals surface area (Å²) in [6.07, 6.45) is 38.8. The maximum atomic E-state index is 12.6. The summed E-state index contributed by atoms with van der Waals surface area (Å²) in [5.41, 5.74) is 0. The van der Waals surface area contributed by atoms with Crippen molar-refractivity contribution in [3.8, 4) is 0 Å². The van der Waals surface area contributed by atoms with Gasteiger partial charge in [0.05, 0.1) is 39.9 Å². The molecule has 3 N–H and O–H groups in total. The molecule has 3 unspecified atom stereocenters. The standard InChI is InChI=1S/C37H63N2O6P/c1-6-8-10-11-12-13-14-15-16-17-18-19-20-21-22-23-24-25-26-27-29-31-37(41)38-35(36(40)30-28-9-7-2)34-45-46(42,43)44-33-32-39(3,4)5/h8,10,12-13,15-16,18-19,21-22,24-25,28,30,35-36,40H,6-7,9,11,14,17,20,23,26-27,29,31-34H2,1-5H3,(H-,38,41,42,43)/p+1/b10-8-,13-12-,16-15-,19-18-,22-21-,25-24-,30-28+. The summed E-state index contributed by atoms with van der Waals surface area (Å²) >= 11 is 0. The molecule has 0 fully saturated rings. The molecule has 1 amide bonds. The number of carbonyl (C=O) groups is 1. The van der Waals surface area contributed by atoms with Crippen molar-refractivity contribution in [2.24, 2.45) is 0 Å². The highest BCUT2D eigenvalue weighted by molar-refractivity contribution is 7.47. The zero-order chi connectivity index (χ0) is 34.4. The molecule has 3 atom stereocenters. The van der Waals surface area contributed by atoms with E-state index in [0.29, 0.717) is 23.9 Å². The molecule has 0 aliphatic carbocycles. The predicted molar refractivity (Wildman–Crippen MR) is 193 cm³/mol. The highest BCUT2D eigenvalue weighted by Crippen LogP contribution is 2.43. The van der Waals surface area contributed by atoms with E-state index in [-0.39, 0.29) is 19.1 Å². The molecule has 0 aliphatic heterocycles. The molecule has 0 bridgehead atoms. The molecular weight excluding hydrogens is 599 g/mol. The van der Waals surface area contributed by atoms with E-state index in [9.17, 15) is 19.4 Å². The van der Waals surface area contributed by atoms with E-state index in [4.69, 9.17) is 9.05 Å². The molecule has 9 heteroatoms. The maximum Gasteiger partial charge on any atom is 0.472 e. The minimum Gasteiger partial charge on any atom is -0.387 e. The van der Waals surface area contributed by atoms with Gasteiger partial charge >= 0.3 is 7.82 Å². The highest BCUT2D eigenvalue weighted by atomic mass is 31.2. The number of phosphoric ester groups is 1. The minimum absolute atomic E-state index is 0.0457. The van der Waals surface area contributed by atoms with Gasteiger partial charge in [-0.15, -0.1) is 0 Å². The molecule has 0 saturated carbocycles. The van der Waals surface area contributed by atoms with Crippen molar-refractivity contribution in [1.82, 2.24) is 5.32 Å². The summed E-state index contributed by atoms with van der Waals surface area (Å²) in [7, 11) is 1.51. The van der Waals surface area contributed by atoms with Gasteiger partial charge in [-0.1, -0.05) is 105 Å². The van der Waals surface area contributed by atoms with Crippen molar-refractivity contribution in [2.75, 3.05) is 40.9 Å². The Bertz CT molecular complexity index is 1020. The van der Waals surface area contributed by atoms with E-state index in [1.54, 1.807) is 6.08 Å². The summed E-state index contributed by atoms with van der Waals surface area (Å²) in [4.78, 5) is 22.6. The second kappa shape index (κ2) is 28.9. The molecule has 0 aromatic heterocycles. The molecule has 0 radical (unpaired) electrons. The first kappa shape index (κ1) is 43.7. The van der Waals surface area contributed by atoms with E-state index in [0.717, 1.165) is 64.2 Å². The molecule has 46 heavy (non-hydrogen) atoms. The van der Waals surface area contributed by atoms with Crippen LogP contribution in [0.3, 0.4) is 0 Å². The van der Waals surface area contributed by atoms with Crippen molar-refractivity contribution >= 4 is 13.7 Å². The molecule has 0 rings (SSSR count). The van der Waals surface area contributed by atoms with Gasteiger partial charge in [0, 0.05) is 6.42 Å². The van der Waals surface area contributed by atoms with Crippen LogP contribution in [-0.2, 0) is 18.4 Å². The third-order valence-corrected chi connectivity index (χ3v) is 7.59. The molecule has 0 aromatic rings. The number of aliphatic hydroxyl groups is 1. The van der Waals surface area contributed by atoms with Gasteiger partial charge in [-0.05, 0) is 64.2 Å². The largest absolute Gasteiger partial charge is 0.472 e. The number of rotatable bonds is 28. The lowest BCUT2D eigenvalue weighted by Gasteiger charge is -2.25. The Morgan fingerprint density at radius 3 is 1.78 bits per heavy atom. The van der Waals surface area contributed by atoms with Crippen molar-refractivity contribution in [1.29, 1.82) is 0 Å². The van der Waals surface area contributed by atoms with Gasteiger partial charge < -0.3 is 19.8 Å². The van der Waals surface area contributed by atoms with E-state index in [2.05, 4.69) is 85.2 Å². The van der Waals surface area contributed by atoms with Crippen molar-refractivity contribution in [3.05, 3.63) is 85.1 Å². The number of quaternary nitrogens is 1. The van der Waals surface area contributed by atoms with Gasteiger partial charge in [-0.3, -0.25) is 13.8 Å². The number of aliphatic hydroxyl groups excluding tert-OH is 1. The molecular formula is C37H64N2O6P+. The zero-order valence-electron chi connectivity index (χ0n) is 29.3. The minimum atomic E-state index is -4.32. The van der Waals surface area contributed by atoms with E-state index in [1.165, 1.54) is 0 Å². The number of amides is 1. The normalized spacial score (nSPS) is 15.9. The van der Waals surface area contributed by atoms with Gasteiger partial charge in [0.1, 0.15) is 13.2 Å². The number of allylic oxidation sites excluding steroid dienone is 13. The molecule has 0 aromatic carbocycles. The first-order valence-corrected chi connectivity index (χ1v) is 18.5. The van der Waals surface area contributed by atoms with Crippen LogP contribution < -0.4 is 5.32 Å². The third-order valence-electron chi connectivity index (χ3n) is 6.60. The van der Waals surface area contributed by atoms with Gasteiger partial charge in [-0.25, -0.2) is 4.57 Å². The van der Waals surface area contributed by atoms with Crippen LogP contribution in [0.2, 0.25) is 0 Å². The first-order chi connectivity index (χ1) is 22.0. The summed E-state index contributed by atoms with van der Waals surface area (Å²) in [5.74, 6) is -0.238. The quantitative estimate of drug-likeness (QED) is 0.0337. The molecule has 0 spiro atoms. The average Bonchev–Trinajstić information content (AvgIpc) is 2.99. The Kier molecular flexibility index (Phi) is 27.4.